The van der Waals surface area contributed by atoms with Crippen molar-refractivity contribution in [3.8, 4) is 0 Å². The van der Waals surface area contributed by atoms with Crippen molar-refractivity contribution in [3.63, 3.8) is 0 Å². The van der Waals surface area contributed by atoms with Crippen LogP contribution in [0.1, 0.15) is 37.8 Å². The number of aryl methyl sites for hydroxylation is 1. The second kappa shape index (κ2) is 6.87. The van der Waals surface area contributed by atoms with Gasteiger partial charge in [-0.05, 0) is 24.5 Å². The normalized spacial score (nSPS) is 26.9. The lowest BCUT2D eigenvalue weighted by molar-refractivity contribution is 0.121. The van der Waals surface area contributed by atoms with Gasteiger partial charge in [0.1, 0.15) is 0 Å². The molecule has 0 aromatic heterocycles. The molecular formula is C17H25NO3S2. The van der Waals surface area contributed by atoms with E-state index in [0.29, 0.717) is 6.61 Å². The molecular weight excluding hydrogens is 330 g/mol. The zero-order chi connectivity index (χ0) is 17.3. The molecule has 0 heterocycles. The van der Waals surface area contributed by atoms with Gasteiger partial charge in [-0.3, -0.25) is 0 Å². The minimum absolute atomic E-state index is 0.0811. The predicted octanol–water partition coefficient (Wildman–Crippen LogP) is 2.46. The Labute approximate surface area is 144 Å². The Hall–Kier alpha value is -0.980. The highest BCUT2D eigenvalue weighted by atomic mass is 32.2. The van der Waals surface area contributed by atoms with Gasteiger partial charge >= 0.3 is 0 Å². The number of rotatable bonds is 8. The Bertz CT molecular complexity index is 670. The third-order valence-corrected chi connectivity index (χ3v) is 7.45. The van der Waals surface area contributed by atoms with Gasteiger partial charge in [0.05, 0.1) is 22.3 Å². The highest BCUT2D eigenvalue weighted by Crippen LogP contribution is 2.63. The van der Waals surface area contributed by atoms with E-state index in [0.717, 1.165) is 12.0 Å². The van der Waals surface area contributed by atoms with E-state index in [9.17, 15) is 8.42 Å². The molecule has 0 bridgehead atoms. The van der Waals surface area contributed by atoms with Gasteiger partial charge in [0, 0.05) is 18.3 Å². The number of thiocarbonyl (C=S) groups is 1. The minimum atomic E-state index is -3.27. The molecule has 1 aromatic carbocycles. The fourth-order valence-electron chi connectivity index (χ4n) is 3.35. The van der Waals surface area contributed by atoms with Crippen LogP contribution in [0.5, 0.6) is 0 Å². The van der Waals surface area contributed by atoms with Crippen LogP contribution < -0.4 is 5.73 Å². The van der Waals surface area contributed by atoms with Crippen molar-refractivity contribution in [1.82, 2.24) is 0 Å². The maximum Gasteiger partial charge on any atom is 0.154 e. The zero-order valence-corrected chi connectivity index (χ0v) is 15.5. The third kappa shape index (κ3) is 3.16. The molecule has 2 rings (SSSR count). The maximum absolute atomic E-state index is 12.6. The molecule has 1 aliphatic rings. The predicted molar refractivity (Wildman–Crippen MR) is 97.5 cm³/mol. The lowest BCUT2D eigenvalue weighted by Crippen LogP contribution is -2.34. The molecule has 0 aliphatic heterocycles. The molecule has 4 nitrogen and oxygen atoms in total. The highest BCUT2D eigenvalue weighted by Gasteiger charge is 2.72. The standard InChI is InChI=1S/C17H25NO3S2/c1-4-12-7-9-13(10-8-12)14-15(23(19,20)6-3)17(14,16(18)22)11-21-5-2/h7-10,14-15H,4-6,11H2,1-3H3,(H2,18,22)/t14-,15-,17+/m1/s1. The first kappa shape index (κ1) is 18.4. The van der Waals surface area contributed by atoms with E-state index in [-0.39, 0.29) is 23.3 Å². The van der Waals surface area contributed by atoms with E-state index in [1.807, 2.05) is 31.2 Å². The Kier molecular flexibility index (Phi) is 5.48. The molecule has 1 saturated carbocycles. The number of nitrogens with two attached hydrogens (primary N) is 1. The summed E-state index contributed by atoms with van der Waals surface area (Å²) in [4.78, 5) is 0.234. The Balaban J connectivity index is 2.46. The van der Waals surface area contributed by atoms with E-state index < -0.39 is 20.5 Å². The summed E-state index contributed by atoms with van der Waals surface area (Å²) < 4.78 is 30.7. The first-order valence-electron chi connectivity index (χ1n) is 8.03. The van der Waals surface area contributed by atoms with Crippen LogP contribution in [0.4, 0.5) is 0 Å². The summed E-state index contributed by atoms with van der Waals surface area (Å²) >= 11 is 5.26. The van der Waals surface area contributed by atoms with Crippen LogP contribution in [0, 0.1) is 5.41 Å². The van der Waals surface area contributed by atoms with Gasteiger partial charge in [0.25, 0.3) is 0 Å². The summed E-state index contributed by atoms with van der Waals surface area (Å²) in [5.41, 5.74) is 7.39. The van der Waals surface area contributed by atoms with Gasteiger partial charge in [-0.15, -0.1) is 0 Å². The van der Waals surface area contributed by atoms with Crippen LogP contribution in [0.3, 0.4) is 0 Å². The number of hydrogen-bond donors (Lipinski definition) is 1. The summed E-state index contributed by atoms with van der Waals surface area (Å²) in [7, 11) is -3.27. The fourth-order valence-corrected chi connectivity index (χ4v) is 5.82. The smallest absolute Gasteiger partial charge is 0.154 e. The average Bonchev–Trinajstić information content (AvgIpc) is 3.24. The molecule has 23 heavy (non-hydrogen) atoms. The van der Waals surface area contributed by atoms with E-state index >= 15 is 0 Å². The van der Waals surface area contributed by atoms with E-state index in [1.54, 1.807) is 6.92 Å². The quantitative estimate of drug-likeness (QED) is 0.726. The molecule has 0 saturated heterocycles. The van der Waals surface area contributed by atoms with Crippen LogP contribution in [0.25, 0.3) is 0 Å². The first-order chi connectivity index (χ1) is 10.8. The summed E-state index contributed by atoms with van der Waals surface area (Å²) in [6.07, 6.45) is 0.945. The molecule has 2 N–H and O–H groups in total. The fraction of sp³-hybridized carbons (Fsp3) is 0.588. The summed E-state index contributed by atoms with van der Waals surface area (Å²) in [5, 5.41) is -0.587. The van der Waals surface area contributed by atoms with Gasteiger partial charge in [-0.1, -0.05) is 50.3 Å². The van der Waals surface area contributed by atoms with Crippen molar-refractivity contribution in [3.05, 3.63) is 35.4 Å². The second-order valence-corrected chi connectivity index (χ2v) is 8.84. The van der Waals surface area contributed by atoms with Gasteiger partial charge in [0.15, 0.2) is 9.84 Å². The summed E-state index contributed by atoms with van der Waals surface area (Å²) in [5.74, 6) is -0.139. The van der Waals surface area contributed by atoms with Gasteiger partial charge in [0.2, 0.25) is 0 Å². The van der Waals surface area contributed by atoms with E-state index in [1.165, 1.54) is 5.56 Å². The largest absolute Gasteiger partial charge is 0.393 e. The SMILES string of the molecule is CCOC[C@]1(C(N)=S)[C@H](c2ccc(CC)cc2)[C@H]1S(=O)(=O)CC. The third-order valence-electron chi connectivity index (χ3n) is 4.80. The van der Waals surface area contributed by atoms with E-state index in [4.69, 9.17) is 22.7 Å². The van der Waals surface area contributed by atoms with Crippen molar-refractivity contribution in [2.45, 2.75) is 38.4 Å². The molecule has 0 radical (unpaired) electrons. The van der Waals surface area contributed by atoms with Gasteiger partial charge in [-0.25, -0.2) is 8.42 Å². The van der Waals surface area contributed by atoms with Crippen LogP contribution in [0.15, 0.2) is 24.3 Å². The zero-order valence-electron chi connectivity index (χ0n) is 13.9. The van der Waals surface area contributed by atoms with E-state index in [2.05, 4.69) is 6.92 Å². The minimum Gasteiger partial charge on any atom is -0.393 e. The van der Waals surface area contributed by atoms with Crippen molar-refractivity contribution in [2.75, 3.05) is 19.0 Å². The first-order valence-corrected chi connectivity index (χ1v) is 10.2. The molecule has 0 spiro atoms. The number of benzene rings is 1. The van der Waals surface area contributed by atoms with Crippen LogP contribution in [0.2, 0.25) is 0 Å². The van der Waals surface area contributed by atoms with Crippen molar-refractivity contribution in [1.29, 1.82) is 0 Å². The number of hydrogen-bond acceptors (Lipinski definition) is 4. The summed E-state index contributed by atoms with van der Waals surface area (Å²) in [6, 6.07) is 8.06. The maximum atomic E-state index is 12.6. The molecule has 1 aromatic rings. The lowest BCUT2D eigenvalue weighted by Gasteiger charge is -2.16. The molecule has 3 atom stereocenters. The molecule has 0 unspecified atom stereocenters. The Morgan fingerprint density at radius 2 is 1.87 bits per heavy atom. The van der Waals surface area contributed by atoms with Crippen LogP contribution in [-0.2, 0) is 21.0 Å². The Morgan fingerprint density at radius 1 is 1.26 bits per heavy atom. The Morgan fingerprint density at radius 3 is 2.30 bits per heavy atom. The van der Waals surface area contributed by atoms with Crippen LogP contribution in [-0.4, -0.2) is 37.6 Å². The monoisotopic (exact) mass is 355 g/mol. The van der Waals surface area contributed by atoms with Crippen LogP contribution >= 0.6 is 12.2 Å². The molecule has 1 aliphatic carbocycles. The van der Waals surface area contributed by atoms with Crippen molar-refractivity contribution in [2.24, 2.45) is 11.1 Å². The van der Waals surface area contributed by atoms with Gasteiger partial charge in [-0.2, -0.15) is 0 Å². The lowest BCUT2D eigenvalue weighted by atomic mass is 9.98. The van der Waals surface area contributed by atoms with Crippen molar-refractivity contribution < 1.29 is 13.2 Å². The number of ether oxygens (including phenoxy) is 1. The topological polar surface area (TPSA) is 69.4 Å². The highest BCUT2D eigenvalue weighted by molar-refractivity contribution is 7.92. The molecule has 6 heteroatoms. The summed E-state index contributed by atoms with van der Waals surface area (Å²) in [6.45, 7) is 6.39. The molecule has 0 amide bonds. The average molecular weight is 356 g/mol. The van der Waals surface area contributed by atoms with Gasteiger partial charge < -0.3 is 10.5 Å². The van der Waals surface area contributed by atoms with Crippen molar-refractivity contribution >= 4 is 27.0 Å². The molecule has 1 fully saturated rings. The second-order valence-electron chi connectivity index (χ2n) is 5.99. The number of sulfone groups is 1. The molecule has 128 valence electrons.